The van der Waals surface area contributed by atoms with Gasteiger partial charge in [-0.1, -0.05) is 89.6 Å². The monoisotopic (exact) mass is 746 g/mol. The first-order valence-corrected chi connectivity index (χ1v) is 21.1. The highest BCUT2D eigenvalue weighted by molar-refractivity contribution is 5.96. The van der Waals surface area contributed by atoms with E-state index in [4.69, 9.17) is 9.47 Å². The molecule has 296 valence electrons. The Morgan fingerprint density at radius 1 is 0.945 bits per heavy atom. The van der Waals surface area contributed by atoms with Crippen molar-refractivity contribution < 1.29 is 23.9 Å². The Kier molecular flexibility index (Phi) is 11.9. The van der Waals surface area contributed by atoms with Crippen LogP contribution in [0.3, 0.4) is 0 Å². The van der Waals surface area contributed by atoms with E-state index in [9.17, 15) is 9.59 Å². The molecule has 4 aliphatic carbocycles. The van der Waals surface area contributed by atoms with E-state index < -0.39 is 0 Å². The number of ketones is 3. The third kappa shape index (κ3) is 8.97. The normalized spacial score (nSPS) is 25.9. The van der Waals surface area contributed by atoms with Crippen LogP contribution in [-0.4, -0.2) is 29.6 Å². The summed E-state index contributed by atoms with van der Waals surface area (Å²) >= 11 is 0. The zero-order valence-electron chi connectivity index (χ0n) is 35.2. The standard InChI is InChI=1S/C50H66O5/c1-29(2)46(52)22-36-16-17-37(21-36)38-23-41-31(4)18-30(3)19-43(41)47(24-38)55-40-25-42(32(5)27-50(35(8)51)28-33(50)6)44(26-40)48(53)45(49(9,10)11)20-34(7)54-39-14-12-13-15-39/h17-19,21,23-24,29,33,39-40,42,44-45H,5,7,12-16,20,22,25-28H2,1-4,6,8-11H3. The molecule has 0 spiro atoms. The number of rotatable bonds is 16. The molecule has 6 atom stereocenters. The highest BCUT2D eigenvalue weighted by Gasteiger charge is 2.56. The molecule has 55 heavy (non-hydrogen) atoms. The molecular weight excluding hydrogens is 681 g/mol. The number of hydrogen-bond acceptors (Lipinski definition) is 5. The van der Waals surface area contributed by atoms with Gasteiger partial charge in [0.1, 0.15) is 29.2 Å². The number of ether oxygens (including phenoxy) is 2. The molecule has 5 nitrogen and oxygen atoms in total. The smallest absolute Gasteiger partial charge is 0.140 e. The number of allylic oxidation sites excluding steroid dienone is 6. The molecule has 4 aliphatic rings. The van der Waals surface area contributed by atoms with Crippen molar-refractivity contribution in [3.8, 4) is 5.75 Å². The first-order chi connectivity index (χ1) is 25.9. The number of aryl methyl sites for hydroxylation is 2. The molecule has 5 heteroatoms. The minimum atomic E-state index is -0.364. The second-order valence-corrected chi connectivity index (χ2v) is 19.3. The van der Waals surface area contributed by atoms with Crippen LogP contribution in [-0.2, 0) is 19.1 Å². The summed E-state index contributed by atoms with van der Waals surface area (Å²) in [6, 6.07) is 8.84. The average Bonchev–Trinajstić information content (AvgIpc) is 3.59. The molecule has 0 aromatic heterocycles. The molecule has 0 heterocycles. The van der Waals surface area contributed by atoms with Crippen molar-refractivity contribution in [3.05, 3.63) is 83.2 Å². The van der Waals surface area contributed by atoms with Crippen LogP contribution < -0.4 is 4.74 Å². The van der Waals surface area contributed by atoms with Gasteiger partial charge in [0, 0.05) is 41.4 Å². The second-order valence-electron chi connectivity index (χ2n) is 19.3. The quantitative estimate of drug-likeness (QED) is 0.126. The SMILES string of the molecule is C=C(CC(C(=O)C1CC(Oc2cc(C3=CCC(CC(=O)C(C)C)=C3)cc3c(C)cc(C)cc23)CC1C(=C)CC1(C(C)=O)CC1C)C(C)(C)C)OC1CCCC1. The zero-order chi connectivity index (χ0) is 40.0. The first-order valence-electron chi connectivity index (χ1n) is 21.1. The van der Waals surface area contributed by atoms with Crippen LogP contribution in [0.25, 0.3) is 16.3 Å². The lowest BCUT2D eigenvalue weighted by Gasteiger charge is -2.34. The van der Waals surface area contributed by atoms with Gasteiger partial charge in [0.2, 0.25) is 0 Å². The summed E-state index contributed by atoms with van der Waals surface area (Å²) < 4.78 is 13.5. The lowest BCUT2D eigenvalue weighted by Crippen LogP contribution is -2.36. The topological polar surface area (TPSA) is 69.7 Å². The average molecular weight is 747 g/mol. The molecule has 3 fully saturated rings. The highest BCUT2D eigenvalue weighted by Crippen LogP contribution is 2.59. The van der Waals surface area contributed by atoms with Crippen molar-refractivity contribution in [1.82, 2.24) is 0 Å². The van der Waals surface area contributed by atoms with Crippen molar-refractivity contribution in [2.75, 3.05) is 0 Å². The Morgan fingerprint density at radius 3 is 2.24 bits per heavy atom. The second kappa shape index (κ2) is 16.0. The number of carbonyl (C=O) groups is 3. The van der Waals surface area contributed by atoms with Crippen LogP contribution in [0, 0.1) is 54.3 Å². The lowest BCUT2D eigenvalue weighted by molar-refractivity contribution is -0.131. The molecule has 6 unspecified atom stereocenters. The van der Waals surface area contributed by atoms with Crippen LogP contribution in [0.1, 0.15) is 136 Å². The number of benzene rings is 2. The molecule has 0 radical (unpaired) electrons. The first kappa shape index (κ1) is 40.9. The summed E-state index contributed by atoms with van der Waals surface area (Å²) in [7, 11) is 0. The number of fused-ring (bicyclic) bond motifs is 1. The fraction of sp³-hybridized carbons (Fsp3) is 0.580. The number of Topliss-reactive ketones (excluding diaryl/α,β-unsaturated/α-hetero) is 3. The molecule has 0 bridgehead atoms. The molecule has 0 N–H and O–H groups in total. The van der Waals surface area contributed by atoms with Crippen LogP contribution >= 0.6 is 0 Å². The molecule has 3 saturated carbocycles. The fourth-order valence-electron chi connectivity index (χ4n) is 9.91. The van der Waals surface area contributed by atoms with Gasteiger partial charge in [0.05, 0.1) is 11.9 Å². The molecule has 2 aromatic carbocycles. The van der Waals surface area contributed by atoms with E-state index >= 15 is 4.79 Å². The van der Waals surface area contributed by atoms with Gasteiger partial charge in [-0.25, -0.2) is 0 Å². The van der Waals surface area contributed by atoms with E-state index in [1.165, 1.54) is 24.0 Å². The summed E-state index contributed by atoms with van der Waals surface area (Å²) in [5.74, 6) is 1.96. The molecule has 0 saturated heterocycles. The molecule has 0 amide bonds. The van der Waals surface area contributed by atoms with Crippen molar-refractivity contribution in [2.45, 2.75) is 145 Å². The summed E-state index contributed by atoms with van der Waals surface area (Å²) in [5, 5.41) is 2.21. The molecule has 0 aliphatic heterocycles. The van der Waals surface area contributed by atoms with Crippen LogP contribution in [0.2, 0.25) is 0 Å². The molecular formula is C50H66O5. The van der Waals surface area contributed by atoms with Gasteiger partial charge >= 0.3 is 0 Å². The lowest BCUT2D eigenvalue weighted by atomic mass is 9.69. The van der Waals surface area contributed by atoms with Gasteiger partial charge in [-0.15, -0.1) is 0 Å². The van der Waals surface area contributed by atoms with E-state index in [-0.39, 0.29) is 64.1 Å². The van der Waals surface area contributed by atoms with Gasteiger partial charge in [0.25, 0.3) is 0 Å². The molecule has 6 rings (SSSR count). The van der Waals surface area contributed by atoms with E-state index in [1.807, 2.05) is 13.8 Å². The summed E-state index contributed by atoms with van der Waals surface area (Å²) in [6.07, 6.45) is 13.4. The van der Waals surface area contributed by atoms with E-state index in [0.29, 0.717) is 43.8 Å². The Bertz CT molecular complexity index is 1930. The maximum Gasteiger partial charge on any atom is 0.140 e. The van der Waals surface area contributed by atoms with Gasteiger partial charge in [-0.3, -0.25) is 14.4 Å². The third-order valence-corrected chi connectivity index (χ3v) is 13.6. The predicted octanol–water partition coefficient (Wildman–Crippen LogP) is 12.2. The number of carbonyl (C=O) groups excluding carboxylic acids is 3. The predicted molar refractivity (Wildman–Crippen MR) is 225 cm³/mol. The molecule has 2 aromatic rings. The van der Waals surface area contributed by atoms with Gasteiger partial charge < -0.3 is 9.47 Å². The van der Waals surface area contributed by atoms with E-state index in [2.05, 4.69) is 91.1 Å². The highest BCUT2D eigenvalue weighted by atomic mass is 16.5. The number of hydrogen-bond donors (Lipinski definition) is 0. The zero-order valence-corrected chi connectivity index (χ0v) is 35.2. The van der Waals surface area contributed by atoms with Gasteiger partial charge in [-0.05, 0) is 136 Å². The van der Waals surface area contributed by atoms with Gasteiger partial charge in [-0.2, -0.15) is 0 Å². The van der Waals surface area contributed by atoms with E-state index in [0.717, 1.165) is 64.5 Å². The van der Waals surface area contributed by atoms with E-state index in [1.54, 1.807) is 6.92 Å². The van der Waals surface area contributed by atoms with Crippen LogP contribution in [0.5, 0.6) is 5.75 Å². The summed E-state index contributed by atoms with van der Waals surface area (Å²) in [5.41, 5.74) is 6.04. The maximum atomic E-state index is 15.0. The minimum Gasteiger partial charge on any atom is -0.495 e. The fourth-order valence-corrected chi connectivity index (χ4v) is 9.91. The van der Waals surface area contributed by atoms with Crippen molar-refractivity contribution >= 4 is 33.7 Å². The van der Waals surface area contributed by atoms with Crippen LogP contribution in [0.15, 0.2) is 66.5 Å². The van der Waals surface area contributed by atoms with Crippen LogP contribution in [0.4, 0.5) is 0 Å². The Labute approximate surface area is 331 Å². The van der Waals surface area contributed by atoms with Gasteiger partial charge in [0.15, 0.2) is 0 Å². The van der Waals surface area contributed by atoms with Crippen molar-refractivity contribution in [2.24, 2.45) is 40.4 Å². The summed E-state index contributed by atoms with van der Waals surface area (Å²) in [4.78, 5) is 40.6. The van der Waals surface area contributed by atoms with Crippen molar-refractivity contribution in [3.63, 3.8) is 0 Å². The summed E-state index contributed by atoms with van der Waals surface area (Å²) in [6.45, 7) is 27.5. The minimum absolute atomic E-state index is 0.0157. The Balaban J connectivity index is 1.32. The largest absolute Gasteiger partial charge is 0.495 e. The third-order valence-electron chi connectivity index (χ3n) is 13.6. The Morgan fingerprint density at radius 2 is 1.62 bits per heavy atom. The Hall–Kier alpha value is -3.73. The maximum absolute atomic E-state index is 15.0. The van der Waals surface area contributed by atoms with Crippen molar-refractivity contribution in [1.29, 1.82) is 0 Å².